The predicted molar refractivity (Wildman–Crippen MR) is 251 cm³/mol. The van der Waals surface area contributed by atoms with Gasteiger partial charge in [-0.3, -0.25) is 0 Å². The Bertz CT molecular complexity index is 3050. The van der Waals surface area contributed by atoms with Gasteiger partial charge in [-0.2, -0.15) is 0 Å². The fourth-order valence-corrected chi connectivity index (χ4v) is 11.3. The van der Waals surface area contributed by atoms with E-state index in [0.29, 0.717) is 0 Å². The fraction of sp³-hybridized carbons (Fsp3) is 0.186. The van der Waals surface area contributed by atoms with Crippen LogP contribution in [0.4, 0.5) is 17.1 Å². The van der Waals surface area contributed by atoms with Gasteiger partial charge < -0.3 is 4.90 Å². The lowest BCUT2D eigenvalue weighted by Crippen LogP contribution is -2.27. The lowest BCUT2D eigenvalue weighted by atomic mass is 9.69. The molecule has 8 aromatic rings. The van der Waals surface area contributed by atoms with E-state index >= 15 is 0 Å². The summed E-state index contributed by atoms with van der Waals surface area (Å²) in [4.78, 5) is 2.55. The summed E-state index contributed by atoms with van der Waals surface area (Å²) >= 11 is 0. The monoisotopic (exact) mass is 771 g/mol. The first-order valence-corrected chi connectivity index (χ1v) is 21.9. The molecule has 0 aromatic heterocycles. The first kappa shape index (κ1) is 35.5. The van der Waals surface area contributed by atoms with E-state index in [2.05, 4.69) is 215 Å². The summed E-state index contributed by atoms with van der Waals surface area (Å²) in [6.07, 6.45) is 2.61. The fourth-order valence-electron chi connectivity index (χ4n) is 11.3. The Balaban J connectivity index is 1.12. The molecule has 1 spiro atoms. The van der Waals surface area contributed by atoms with Crippen molar-refractivity contribution in [2.75, 3.05) is 4.90 Å². The molecule has 4 aliphatic rings. The first-order valence-electron chi connectivity index (χ1n) is 21.9. The average Bonchev–Trinajstić information content (AvgIpc) is 3.99. The molecule has 0 aliphatic heterocycles. The molecule has 60 heavy (non-hydrogen) atoms. The third-order valence-electron chi connectivity index (χ3n) is 14.4. The van der Waals surface area contributed by atoms with E-state index in [1.165, 1.54) is 113 Å². The number of fused-ring (bicyclic) bond motifs is 13. The Labute approximate surface area is 355 Å². The number of rotatable bonds is 5. The topological polar surface area (TPSA) is 3.24 Å². The highest BCUT2D eigenvalue weighted by Gasteiger charge is 2.52. The largest absolute Gasteiger partial charge is 0.310 e. The van der Waals surface area contributed by atoms with Gasteiger partial charge in [0.05, 0.1) is 11.1 Å². The quantitative estimate of drug-likeness (QED) is 0.168. The van der Waals surface area contributed by atoms with Crippen molar-refractivity contribution in [1.29, 1.82) is 0 Å². The van der Waals surface area contributed by atoms with Crippen molar-refractivity contribution < 1.29 is 0 Å². The van der Waals surface area contributed by atoms with Crippen LogP contribution in [0.25, 0.3) is 44.5 Å². The summed E-state index contributed by atoms with van der Waals surface area (Å²) in [5, 5.41) is 0. The van der Waals surface area contributed by atoms with E-state index in [1.54, 1.807) is 0 Å². The van der Waals surface area contributed by atoms with Crippen molar-refractivity contribution in [2.24, 2.45) is 0 Å². The zero-order valence-electron chi connectivity index (χ0n) is 35.2. The van der Waals surface area contributed by atoms with Gasteiger partial charge in [-0.05, 0) is 138 Å². The van der Waals surface area contributed by atoms with Gasteiger partial charge in [-0.1, -0.05) is 180 Å². The summed E-state index contributed by atoms with van der Waals surface area (Å²) < 4.78 is 0. The van der Waals surface area contributed by atoms with E-state index in [4.69, 9.17) is 0 Å². The van der Waals surface area contributed by atoms with E-state index < -0.39 is 5.41 Å². The molecule has 12 rings (SSSR count). The van der Waals surface area contributed by atoms with E-state index in [9.17, 15) is 0 Å². The first-order chi connectivity index (χ1) is 29.1. The minimum absolute atomic E-state index is 0.00612. The Kier molecular flexibility index (Phi) is 7.42. The van der Waals surface area contributed by atoms with Crippen LogP contribution < -0.4 is 4.90 Å². The van der Waals surface area contributed by atoms with Crippen LogP contribution in [-0.2, 0) is 16.2 Å². The van der Waals surface area contributed by atoms with E-state index in [0.717, 1.165) is 11.6 Å². The molecule has 1 unspecified atom stereocenters. The van der Waals surface area contributed by atoms with Gasteiger partial charge in [0.1, 0.15) is 0 Å². The molecule has 1 nitrogen and oxygen atoms in total. The smallest absolute Gasteiger partial charge is 0.0726 e. The number of hydrogen-bond acceptors (Lipinski definition) is 1. The van der Waals surface area contributed by atoms with Gasteiger partial charge in [0.15, 0.2) is 0 Å². The van der Waals surface area contributed by atoms with Gasteiger partial charge in [0.25, 0.3) is 0 Å². The van der Waals surface area contributed by atoms with Crippen LogP contribution >= 0.6 is 0 Å². The molecule has 0 N–H and O–H groups in total. The van der Waals surface area contributed by atoms with Gasteiger partial charge in [-0.15, -0.1) is 0 Å². The second-order valence-electron chi connectivity index (χ2n) is 19.2. The molecule has 1 saturated carbocycles. The number of anilines is 3. The average molecular weight is 772 g/mol. The highest BCUT2D eigenvalue weighted by molar-refractivity contribution is 5.97. The van der Waals surface area contributed by atoms with E-state index in [1.807, 2.05) is 0 Å². The highest BCUT2D eigenvalue weighted by atomic mass is 15.1. The molecular formula is C59H49N. The summed E-state index contributed by atoms with van der Waals surface area (Å²) in [7, 11) is 0. The Morgan fingerprint density at radius 1 is 0.433 bits per heavy atom. The van der Waals surface area contributed by atoms with Crippen molar-refractivity contribution in [2.45, 2.75) is 69.6 Å². The molecule has 0 amide bonds. The molecule has 1 fully saturated rings. The minimum atomic E-state index is -0.458. The van der Waals surface area contributed by atoms with Crippen LogP contribution in [0, 0.1) is 0 Å². The van der Waals surface area contributed by atoms with Crippen molar-refractivity contribution >= 4 is 17.1 Å². The number of para-hydroxylation sites is 1. The van der Waals surface area contributed by atoms with Crippen LogP contribution in [0.5, 0.6) is 0 Å². The summed E-state index contributed by atoms with van der Waals surface area (Å²) in [6, 6.07) is 67.6. The van der Waals surface area contributed by atoms with Crippen LogP contribution in [0.1, 0.15) is 97.9 Å². The lowest BCUT2D eigenvalue weighted by Gasteiger charge is -2.34. The maximum Gasteiger partial charge on any atom is 0.0726 e. The molecule has 4 aliphatic carbocycles. The third kappa shape index (κ3) is 4.93. The molecule has 0 radical (unpaired) electrons. The second kappa shape index (κ2) is 12.5. The van der Waals surface area contributed by atoms with E-state index in [-0.39, 0.29) is 10.8 Å². The molecule has 0 bridgehead atoms. The van der Waals surface area contributed by atoms with Crippen molar-refractivity contribution in [3.05, 3.63) is 220 Å². The van der Waals surface area contributed by atoms with Crippen LogP contribution in [0.15, 0.2) is 176 Å². The van der Waals surface area contributed by atoms with Crippen molar-refractivity contribution in [3.8, 4) is 44.5 Å². The van der Waals surface area contributed by atoms with Crippen LogP contribution in [0.3, 0.4) is 0 Å². The molecule has 1 atom stereocenters. The highest BCUT2D eigenvalue weighted by Crippen LogP contribution is 2.64. The summed E-state index contributed by atoms with van der Waals surface area (Å²) in [5.41, 5.74) is 24.4. The third-order valence-corrected chi connectivity index (χ3v) is 14.4. The maximum atomic E-state index is 2.55. The molecule has 290 valence electrons. The standard InChI is InChI=1S/C59H49N/c1-57(2,3)40-28-31-48-45-16-7-11-19-51(45)59(54(48)34-40)52-20-12-8-17-46(52)49-33-30-42(36-55(49)59)60(41-29-32-47-44-15-6-10-18-50(44)58(4,5)53(47)35-41)56-21-13-9-14-43(56)39-26-24-38(25-27-39)37-22-23-37/h6-21,24-37H,22-23H2,1-5H3. The minimum Gasteiger partial charge on any atom is -0.310 e. The SMILES string of the molecule is CC(C)(C)c1ccc2c(c1)C1(c3ccccc3-c3ccc(N(c4ccc5c(c4)C(C)(C)c4ccccc4-5)c4ccccc4-c4ccc(C5CC5)cc4)cc31)c1ccccc1-2. The molecule has 1 heteroatoms. The van der Waals surface area contributed by atoms with Crippen LogP contribution in [0.2, 0.25) is 0 Å². The lowest BCUT2D eigenvalue weighted by molar-refractivity contribution is 0.588. The molecule has 0 saturated heterocycles. The van der Waals surface area contributed by atoms with Crippen molar-refractivity contribution in [1.82, 2.24) is 0 Å². The van der Waals surface area contributed by atoms with Crippen molar-refractivity contribution in [3.63, 3.8) is 0 Å². The molecular weight excluding hydrogens is 723 g/mol. The zero-order chi connectivity index (χ0) is 40.5. The van der Waals surface area contributed by atoms with Gasteiger partial charge in [0, 0.05) is 22.4 Å². The van der Waals surface area contributed by atoms with Crippen LogP contribution in [-0.4, -0.2) is 0 Å². The zero-order valence-corrected chi connectivity index (χ0v) is 35.2. The molecule has 0 heterocycles. The number of benzene rings is 8. The predicted octanol–water partition coefficient (Wildman–Crippen LogP) is 15.6. The maximum absolute atomic E-state index is 2.55. The number of nitrogens with zero attached hydrogens (tertiary/aromatic N) is 1. The van der Waals surface area contributed by atoms with Gasteiger partial charge >= 0.3 is 0 Å². The Hall–Kier alpha value is -6.44. The summed E-state index contributed by atoms with van der Waals surface area (Å²) in [6.45, 7) is 11.8. The number of hydrogen-bond donors (Lipinski definition) is 0. The summed E-state index contributed by atoms with van der Waals surface area (Å²) in [5.74, 6) is 0.720. The Morgan fingerprint density at radius 2 is 0.900 bits per heavy atom. The van der Waals surface area contributed by atoms with Gasteiger partial charge in [-0.25, -0.2) is 0 Å². The molecule has 8 aromatic carbocycles. The second-order valence-corrected chi connectivity index (χ2v) is 19.2. The normalized spacial score (nSPS) is 17.4. The van der Waals surface area contributed by atoms with Gasteiger partial charge in [0.2, 0.25) is 0 Å². The Morgan fingerprint density at radius 3 is 1.50 bits per heavy atom.